The number of aryl methyl sites for hydroxylation is 1. The van der Waals surface area contributed by atoms with Gasteiger partial charge in [-0.25, -0.2) is 4.79 Å². The molecule has 3 aromatic rings. The lowest BCUT2D eigenvalue weighted by Crippen LogP contribution is -2.15. The summed E-state index contributed by atoms with van der Waals surface area (Å²) in [6, 6.07) is 16.6. The van der Waals surface area contributed by atoms with Gasteiger partial charge in [-0.3, -0.25) is 0 Å². The Morgan fingerprint density at radius 1 is 1.00 bits per heavy atom. The Morgan fingerprint density at radius 3 is 2.22 bits per heavy atom. The van der Waals surface area contributed by atoms with Gasteiger partial charge in [-0.15, -0.1) is 0 Å². The van der Waals surface area contributed by atoms with Gasteiger partial charge in [0.2, 0.25) is 0 Å². The van der Waals surface area contributed by atoms with Crippen molar-refractivity contribution in [2.45, 2.75) is 12.8 Å². The summed E-state index contributed by atoms with van der Waals surface area (Å²) in [6.45, 7) is 1.96. The van der Waals surface area contributed by atoms with Crippen LogP contribution in [0.1, 0.15) is 28.2 Å². The molecule has 0 bridgehead atoms. The monoisotopic (exact) mass is 310 g/mol. The average molecular weight is 310 g/mol. The standard InChI is InChI=1S/C19H15FO3/c1-12-7-9-14(10-8-12)17(13-5-3-2-4-6-13)18-15(21)11-16(20)23-19(18)22/h2-11,17,21H,1H3. The second-order valence-electron chi connectivity index (χ2n) is 5.39. The molecule has 0 aliphatic heterocycles. The van der Waals surface area contributed by atoms with Crippen LogP contribution in [0.5, 0.6) is 5.75 Å². The molecular formula is C19H15FO3. The molecule has 0 aliphatic rings. The van der Waals surface area contributed by atoms with Gasteiger partial charge in [0, 0.05) is 5.92 Å². The predicted octanol–water partition coefficient (Wildman–Crippen LogP) is 3.97. The Morgan fingerprint density at radius 2 is 1.61 bits per heavy atom. The molecule has 0 spiro atoms. The first kappa shape index (κ1) is 15.0. The smallest absolute Gasteiger partial charge is 0.346 e. The number of halogens is 1. The maximum Gasteiger partial charge on any atom is 0.346 e. The first-order valence-corrected chi connectivity index (χ1v) is 7.20. The molecule has 2 aromatic carbocycles. The topological polar surface area (TPSA) is 50.4 Å². The summed E-state index contributed by atoms with van der Waals surface area (Å²) in [5.74, 6) is -0.943. The van der Waals surface area contributed by atoms with Crippen molar-refractivity contribution in [3.8, 4) is 5.75 Å². The van der Waals surface area contributed by atoms with Crippen molar-refractivity contribution in [1.82, 2.24) is 0 Å². The fourth-order valence-corrected chi connectivity index (χ4v) is 2.66. The molecule has 1 unspecified atom stereocenters. The van der Waals surface area contributed by atoms with E-state index < -0.39 is 23.3 Å². The molecule has 0 saturated heterocycles. The molecule has 3 rings (SSSR count). The van der Waals surface area contributed by atoms with E-state index in [1.165, 1.54) is 0 Å². The lowest BCUT2D eigenvalue weighted by atomic mass is 9.85. The van der Waals surface area contributed by atoms with Crippen molar-refractivity contribution < 1.29 is 13.9 Å². The van der Waals surface area contributed by atoms with Crippen molar-refractivity contribution in [1.29, 1.82) is 0 Å². The third kappa shape index (κ3) is 3.01. The summed E-state index contributed by atoms with van der Waals surface area (Å²) in [5, 5.41) is 10.1. The van der Waals surface area contributed by atoms with Crippen LogP contribution in [0.15, 0.2) is 69.9 Å². The van der Waals surface area contributed by atoms with Crippen LogP contribution in [0.3, 0.4) is 0 Å². The maximum atomic E-state index is 13.2. The molecule has 23 heavy (non-hydrogen) atoms. The maximum absolute atomic E-state index is 13.2. The van der Waals surface area contributed by atoms with Gasteiger partial charge in [-0.05, 0) is 18.1 Å². The van der Waals surface area contributed by atoms with Gasteiger partial charge in [-0.1, -0.05) is 60.2 Å². The number of benzene rings is 2. The summed E-state index contributed by atoms with van der Waals surface area (Å²) >= 11 is 0. The fourth-order valence-electron chi connectivity index (χ4n) is 2.66. The van der Waals surface area contributed by atoms with E-state index in [1.807, 2.05) is 61.5 Å². The van der Waals surface area contributed by atoms with E-state index >= 15 is 0 Å². The highest BCUT2D eigenvalue weighted by atomic mass is 19.1. The van der Waals surface area contributed by atoms with Crippen LogP contribution in [0, 0.1) is 12.9 Å². The zero-order valence-electron chi connectivity index (χ0n) is 12.5. The first-order chi connectivity index (χ1) is 11.1. The van der Waals surface area contributed by atoms with Crippen LogP contribution in [-0.2, 0) is 0 Å². The second kappa shape index (κ2) is 6.08. The molecule has 1 atom stereocenters. The number of rotatable bonds is 3. The molecule has 3 nitrogen and oxygen atoms in total. The van der Waals surface area contributed by atoms with Gasteiger partial charge in [-0.2, -0.15) is 4.39 Å². The Balaban J connectivity index is 2.25. The highest BCUT2D eigenvalue weighted by Crippen LogP contribution is 2.34. The Hall–Kier alpha value is -2.88. The molecule has 0 saturated carbocycles. The summed E-state index contributed by atoms with van der Waals surface area (Å²) in [6.07, 6.45) is 0. The van der Waals surface area contributed by atoms with Crippen LogP contribution in [-0.4, -0.2) is 5.11 Å². The Bertz CT molecular complexity index is 867. The van der Waals surface area contributed by atoms with Crippen LogP contribution >= 0.6 is 0 Å². The molecule has 116 valence electrons. The molecule has 0 radical (unpaired) electrons. The first-order valence-electron chi connectivity index (χ1n) is 7.20. The fraction of sp³-hybridized carbons (Fsp3) is 0.105. The van der Waals surface area contributed by atoms with Crippen LogP contribution in [0.4, 0.5) is 4.39 Å². The second-order valence-corrected chi connectivity index (χ2v) is 5.39. The lowest BCUT2D eigenvalue weighted by Gasteiger charge is -2.18. The Labute approximate surface area is 132 Å². The zero-order chi connectivity index (χ0) is 16.4. The minimum absolute atomic E-state index is 0.0291. The molecule has 0 amide bonds. The molecular weight excluding hydrogens is 295 g/mol. The number of hydrogen-bond donors (Lipinski definition) is 1. The summed E-state index contributed by atoms with van der Waals surface area (Å²) in [5.41, 5.74) is 1.86. The van der Waals surface area contributed by atoms with Crippen molar-refractivity contribution in [2.75, 3.05) is 0 Å². The van der Waals surface area contributed by atoms with Gasteiger partial charge in [0.15, 0.2) is 0 Å². The van der Waals surface area contributed by atoms with Crippen molar-refractivity contribution in [2.24, 2.45) is 0 Å². The molecule has 1 N–H and O–H groups in total. The van der Waals surface area contributed by atoms with Crippen molar-refractivity contribution in [3.05, 3.63) is 99.4 Å². The summed E-state index contributed by atoms with van der Waals surface area (Å²) in [7, 11) is 0. The Kier molecular flexibility index (Phi) is 3.98. The van der Waals surface area contributed by atoms with Gasteiger partial charge in [0.05, 0.1) is 11.6 Å². The predicted molar refractivity (Wildman–Crippen MR) is 85.2 cm³/mol. The zero-order valence-corrected chi connectivity index (χ0v) is 12.5. The number of hydrogen-bond acceptors (Lipinski definition) is 3. The van der Waals surface area contributed by atoms with E-state index in [0.717, 1.165) is 22.8 Å². The lowest BCUT2D eigenvalue weighted by molar-refractivity contribution is 0.310. The largest absolute Gasteiger partial charge is 0.507 e. The van der Waals surface area contributed by atoms with Crippen LogP contribution in [0.2, 0.25) is 0 Å². The highest BCUT2D eigenvalue weighted by molar-refractivity contribution is 5.47. The van der Waals surface area contributed by atoms with Gasteiger partial charge >= 0.3 is 5.63 Å². The van der Waals surface area contributed by atoms with Crippen molar-refractivity contribution >= 4 is 0 Å². The SMILES string of the molecule is Cc1ccc(C(c2ccccc2)c2c(O)cc(F)oc2=O)cc1. The van der Waals surface area contributed by atoms with Crippen LogP contribution in [0.25, 0.3) is 0 Å². The van der Waals surface area contributed by atoms with E-state index in [4.69, 9.17) is 0 Å². The van der Waals surface area contributed by atoms with Gasteiger partial charge < -0.3 is 9.52 Å². The van der Waals surface area contributed by atoms with E-state index in [9.17, 15) is 14.3 Å². The van der Waals surface area contributed by atoms with E-state index in [1.54, 1.807) is 0 Å². The molecule has 1 heterocycles. The third-order valence-corrected chi connectivity index (χ3v) is 3.77. The molecule has 0 aliphatic carbocycles. The van der Waals surface area contributed by atoms with Crippen molar-refractivity contribution in [3.63, 3.8) is 0 Å². The molecule has 4 heteroatoms. The van der Waals surface area contributed by atoms with Crippen LogP contribution < -0.4 is 5.63 Å². The average Bonchev–Trinajstić information content (AvgIpc) is 2.53. The highest BCUT2D eigenvalue weighted by Gasteiger charge is 2.25. The van der Waals surface area contributed by atoms with E-state index in [-0.39, 0.29) is 5.56 Å². The quantitative estimate of drug-likeness (QED) is 0.796. The normalized spacial score (nSPS) is 12.1. The van der Waals surface area contributed by atoms with Gasteiger partial charge in [0.1, 0.15) is 5.75 Å². The summed E-state index contributed by atoms with van der Waals surface area (Å²) in [4.78, 5) is 12.1. The number of aromatic hydroxyl groups is 1. The minimum atomic E-state index is -1.10. The molecule has 0 fully saturated rings. The third-order valence-electron chi connectivity index (χ3n) is 3.77. The summed E-state index contributed by atoms with van der Waals surface area (Å²) < 4.78 is 17.8. The van der Waals surface area contributed by atoms with Gasteiger partial charge in [0.25, 0.3) is 6.01 Å². The molecule has 1 aromatic heterocycles. The van der Waals surface area contributed by atoms with E-state index in [2.05, 4.69) is 4.42 Å². The minimum Gasteiger partial charge on any atom is -0.507 e. The van der Waals surface area contributed by atoms with E-state index in [0.29, 0.717) is 0 Å².